The molecule has 1 aromatic carbocycles. The highest BCUT2D eigenvalue weighted by Crippen LogP contribution is 2.25. The summed E-state index contributed by atoms with van der Waals surface area (Å²) in [6.45, 7) is 3.21. The average molecular weight is 355 g/mol. The van der Waals surface area contributed by atoms with Gasteiger partial charge in [0.2, 0.25) is 10.0 Å². The van der Waals surface area contributed by atoms with E-state index in [4.69, 9.17) is 11.6 Å². The van der Waals surface area contributed by atoms with Crippen LogP contribution < -0.4 is 4.72 Å². The third kappa shape index (κ3) is 3.78. The molecule has 0 spiro atoms. The van der Waals surface area contributed by atoms with Crippen LogP contribution in [0.3, 0.4) is 0 Å². The minimum atomic E-state index is -3.71. The van der Waals surface area contributed by atoms with Crippen LogP contribution in [0.15, 0.2) is 27.6 Å². The molecule has 0 saturated heterocycles. The zero-order valence-corrected chi connectivity index (χ0v) is 13.1. The highest BCUT2D eigenvalue weighted by Gasteiger charge is 2.21. The quantitative estimate of drug-likeness (QED) is 0.884. The van der Waals surface area contributed by atoms with Crippen LogP contribution in [0.5, 0.6) is 0 Å². The van der Waals surface area contributed by atoms with Crippen molar-refractivity contribution in [3.05, 3.63) is 27.7 Å². The number of carbonyl (C=O) groups excluding carboxylic acids is 1. The van der Waals surface area contributed by atoms with E-state index in [1.807, 2.05) is 0 Å². The standard InChI is InChI=1S/C11H13BrClNO3S/c1-3-11(15)7(2)14-18(16,17)8-4-5-10(13)9(12)6-8/h4-7,14H,3H2,1-2H3. The van der Waals surface area contributed by atoms with E-state index >= 15 is 0 Å². The number of hydrogen-bond donors (Lipinski definition) is 1. The number of hydrogen-bond acceptors (Lipinski definition) is 3. The number of benzene rings is 1. The van der Waals surface area contributed by atoms with Crippen molar-refractivity contribution in [2.24, 2.45) is 0 Å². The number of rotatable bonds is 5. The topological polar surface area (TPSA) is 63.2 Å². The van der Waals surface area contributed by atoms with E-state index in [9.17, 15) is 13.2 Å². The Kier molecular flexibility index (Phi) is 5.33. The Bertz CT molecular complexity index is 559. The Morgan fingerprint density at radius 3 is 2.61 bits per heavy atom. The fraction of sp³-hybridized carbons (Fsp3) is 0.364. The van der Waals surface area contributed by atoms with Crippen molar-refractivity contribution in [1.29, 1.82) is 0 Å². The van der Waals surface area contributed by atoms with E-state index in [0.717, 1.165) is 0 Å². The van der Waals surface area contributed by atoms with Crippen molar-refractivity contribution >= 4 is 43.3 Å². The number of ketones is 1. The molecule has 100 valence electrons. The highest BCUT2D eigenvalue weighted by molar-refractivity contribution is 9.10. The van der Waals surface area contributed by atoms with Gasteiger partial charge in [-0.05, 0) is 41.1 Å². The van der Waals surface area contributed by atoms with Crippen LogP contribution in [0.1, 0.15) is 20.3 Å². The molecule has 1 aromatic rings. The molecule has 1 atom stereocenters. The first-order chi connectivity index (χ1) is 8.27. The number of halogens is 2. The van der Waals surface area contributed by atoms with Crippen LogP contribution in [0.25, 0.3) is 0 Å². The minimum Gasteiger partial charge on any atom is -0.298 e. The summed E-state index contributed by atoms with van der Waals surface area (Å²) in [6.07, 6.45) is 0.286. The van der Waals surface area contributed by atoms with Crippen molar-refractivity contribution in [2.45, 2.75) is 31.2 Å². The van der Waals surface area contributed by atoms with Gasteiger partial charge in [0.15, 0.2) is 0 Å². The lowest BCUT2D eigenvalue weighted by Gasteiger charge is -2.12. The van der Waals surface area contributed by atoms with Gasteiger partial charge in [-0.2, -0.15) is 0 Å². The molecule has 0 fully saturated rings. The van der Waals surface area contributed by atoms with Crippen LogP contribution in [0.2, 0.25) is 5.02 Å². The van der Waals surface area contributed by atoms with Gasteiger partial charge in [0, 0.05) is 10.9 Å². The maximum atomic E-state index is 12.0. The number of carbonyl (C=O) groups is 1. The van der Waals surface area contributed by atoms with Crippen molar-refractivity contribution in [3.8, 4) is 0 Å². The zero-order valence-electron chi connectivity index (χ0n) is 9.91. The summed E-state index contributed by atoms with van der Waals surface area (Å²) in [7, 11) is -3.71. The molecule has 0 heterocycles. The number of nitrogens with one attached hydrogen (secondary N) is 1. The Morgan fingerprint density at radius 1 is 1.50 bits per heavy atom. The predicted octanol–water partition coefficient (Wildman–Crippen LogP) is 2.75. The van der Waals surface area contributed by atoms with Gasteiger partial charge in [0.05, 0.1) is 16.0 Å². The van der Waals surface area contributed by atoms with E-state index in [1.54, 1.807) is 6.92 Å². The molecule has 1 N–H and O–H groups in total. The largest absolute Gasteiger partial charge is 0.298 e. The molecule has 0 bridgehead atoms. The summed E-state index contributed by atoms with van der Waals surface area (Å²) < 4.78 is 26.8. The molecule has 0 aliphatic rings. The lowest BCUT2D eigenvalue weighted by atomic mass is 10.2. The third-order valence-electron chi connectivity index (χ3n) is 2.36. The number of Topliss-reactive ketones (excluding diaryl/α,β-unsaturated/α-hetero) is 1. The molecule has 0 saturated carbocycles. The minimum absolute atomic E-state index is 0.0644. The molecular weight excluding hydrogens is 342 g/mol. The molecule has 0 aromatic heterocycles. The van der Waals surface area contributed by atoms with Crippen molar-refractivity contribution in [1.82, 2.24) is 4.72 Å². The molecule has 1 unspecified atom stereocenters. The lowest BCUT2D eigenvalue weighted by Crippen LogP contribution is -2.38. The lowest BCUT2D eigenvalue weighted by molar-refractivity contribution is -0.119. The van der Waals surface area contributed by atoms with Crippen molar-refractivity contribution in [2.75, 3.05) is 0 Å². The summed E-state index contributed by atoms with van der Waals surface area (Å²) in [5.74, 6) is -0.161. The Balaban J connectivity index is 3.00. The number of sulfonamides is 1. The summed E-state index contributed by atoms with van der Waals surface area (Å²) in [5.41, 5.74) is 0. The van der Waals surface area contributed by atoms with Gasteiger partial charge in [0.25, 0.3) is 0 Å². The first-order valence-electron chi connectivity index (χ1n) is 5.28. The molecule has 4 nitrogen and oxygen atoms in total. The van der Waals surface area contributed by atoms with Crippen LogP contribution in [-0.4, -0.2) is 20.2 Å². The average Bonchev–Trinajstić information content (AvgIpc) is 2.30. The molecule has 0 aliphatic heterocycles. The zero-order chi connectivity index (χ0) is 13.9. The maximum Gasteiger partial charge on any atom is 0.241 e. The molecule has 7 heteroatoms. The second-order valence-electron chi connectivity index (χ2n) is 3.74. The van der Waals surface area contributed by atoms with E-state index in [0.29, 0.717) is 9.50 Å². The highest BCUT2D eigenvalue weighted by atomic mass is 79.9. The van der Waals surface area contributed by atoms with Crippen LogP contribution in [-0.2, 0) is 14.8 Å². The molecular formula is C11H13BrClNO3S. The summed E-state index contributed by atoms with van der Waals surface area (Å²) >= 11 is 8.95. The first-order valence-corrected chi connectivity index (χ1v) is 7.93. The summed E-state index contributed by atoms with van der Waals surface area (Å²) in [5, 5.41) is 0.423. The Hall–Kier alpha value is -0.430. The van der Waals surface area contributed by atoms with Crippen molar-refractivity contribution < 1.29 is 13.2 Å². The Morgan fingerprint density at radius 2 is 2.11 bits per heavy atom. The smallest absolute Gasteiger partial charge is 0.241 e. The van der Waals surface area contributed by atoms with Gasteiger partial charge >= 0.3 is 0 Å². The molecule has 0 radical (unpaired) electrons. The normalized spacial score (nSPS) is 13.3. The predicted molar refractivity (Wildman–Crippen MR) is 74.2 cm³/mol. The van der Waals surface area contributed by atoms with Crippen molar-refractivity contribution in [3.63, 3.8) is 0 Å². The van der Waals surface area contributed by atoms with Gasteiger partial charge in [-0.25, -0.2) is 13.1 Å². The molecule has 0 amide bonds. The van der Waals surface area contributed by atoms with Gasteiger partial charge in [-0.15, -0.1) is 0 Å². The molecule has 0 aliphatic carbocycles. The van der Waals surface area contributed by atoms with Gasteiger partial charge in [0.1, 0.15) is 5.78 Å². The first kappa shape index (κ1) is 15.6. The summed E-state index contributed by atoms with van der Waals surface area (Å²) in [6, 6.07) is 3.52. The van der Waals surface area contributed by atoms with Gasteiger partial charge in [-0.3, -0.25) is 4.79 Å². The SMILES string of the molecule is CCC(=O)C(C)NS(=O)(=O)c1ccc(Cl)c(Br)c1. The monoisotopic (exact) mass is 353 g/mol. The fourth-order valence-corrected chi connectivity index (χ4v) is 3.22. The summed E-state index contributed by atoms with van der Waals surface area (Å²) in [4.78, 5) is 11.4. The van der Waals surface area contributed by atoms with Crippen LogP contribution in [0, 0.1) is 0 Å². The van der Waals surface area contributed by atoms with E-state index in [2.05, 4.69) is 20.7 Å². The second-order valence-corrected chi connectivity index (χ2v) is 6.71. The fourth-order valence-electron chi connectivity index (χ4n) is 1.32. The van der Waals surface area contributed by atoms with Gasteiger partial charge < -0.3 is 0 Å². The Labute approximate surface area is 120 Å². The molecule has 18 heavy (non-hydrogen) atoms. The van der Waals surface area contributed by atoms with Gasteiger partial charge in [-0.1, -0.05) is 18.5 Å². The second kappa shape index (κ2) is 6.14. The van der Waals surface area contributed by atoms with E-state index in [-0.39, 0.29) is 17.1 Å². The molecule has 1 rings (SSSR count). The maximum absolute atomic E-state index is 12.0. The third-order valence-corrected chi connectivity index (χ3v) is 5.12. The van der Waals surface area contributed by atoms with Crippen LogP contribution in [0.4, 0.5) is 0 Å². The van der Waals surface area contributed by atoms with Crippen LogP contribution >= 0.6 is 27.5 Å². The van der Waals surface area contributed by atoms with E-state index in [1.165, 1.54) is 25.1 Å². The van der Waals surface area contributed by atoms with E-state index < -0.39 is 16.1 Å².